The average molecular weight is 654 g/mol. The molecule has 51 heavy (non-hydrogen) atoms. The summed E-state index contributed by atoms with van der Waals surface area (Å²) < 4.78 is 0. The molecule has 0 heterocycles. The Balaban J connectivity index is 1.26. The maximum absolute atomic E-state index is 2.37. The van der Waals surface area contributed by atoms with Crippen LogP contribution in [0.15, 0.2) is 200 Å². The van der Waals surface area contributed by atoms with Crippen LogP contribution >= 0.6 is 0 Å². The zero-order valence-electron chi connectivity index (χ0n) is 29.0. The highest BCUT2D eigenvalue weighted by Gasteiger charge is 2.17. The van der Waals surface area contributed by atoms with Crippen molar-refractivity contribution in [3.8, 4) is 55.6 Å². The van der Waals surface area contributed by atoms with E-state index in [1.54, 1.807) is 0 Å². The van der Waals surface area contributed by atoms with Crippen LogP contribution in [-0.2, 0) is 0 Å². The quantitative estimate of drug-likeness (QED) is 0.158. The summed E-state index contributed by atoms with van der Waals surface area (Å²) in [5.41, 5.74) is 18.0. The fraction of sp³-hybridized carbons (Fsp3) is 0.0400. The summed E-state index contributed by atoms with van der Waals surface area (Å²) in [6, 6.07) is 72.3. The summed E-state index contributed by atoms with van der Waals surface area (Å²) in [4.78, 5) is 2.37. The van der Waals surface area contributed by atoms with Gasteiger partial charge < -0.3 is 4.90 Å². The van der Waals surface area contributed by atoms with Crippen molar-refractivity contribution in [2.45, 2.75) is 13.8 Å². The number of hydrogen-bond acceptors (Lipinski definition) is 1. The van der Waals surface area contributed by atoms with Crippen LogP contribution < -0.4 is 4.90 Å². The second-order valence-corrected chi connectivity index (χ2v) is 13.1. The molecule has 0 fully saturated rings. The summed E-state index contributed by atoms with van der Waals surface area (Å²) >= 11 is 0. The van der Waals surface area contributed by atoms with Crippen molar-refractivity contribution in [3.05, 3.63) is 211 Å². The van der Waals surface area contributed by atoms with E-state index in [1.165, 1.54) is 66.8 Å². The molecular formula is C50H39N. The summed E-state index contributed by atoms with van der Waals surface area (Å²) in [6.07, 6.45) is 0. The van der Waals surface area contributed by atoms with Crippen molar-refractivity contribution < 1.29 is 0 Å². The molecule has 0 bridgehead atoms. The lowest BCUT2D eigenvalue weighted by Crippen LogP contribution is -2.10. The first-order chi connectivity index (χ1) is 25.1. The van der Waals surface area contributed by atoms with E-state index < -0.39 is 0 Å². The summed E-state index contributed by atoms with van der Waals surface area (Å²) in [5.74, 6) is 0. The molecule has 8 aromatic carbocycles. The first-order valence-electron chi connectivity index (χ1n) is 17.6. The Morgan fingerprint density at radius 3 is 1.24 bits per heavy atom. The minimum absolute atomic E-state index is 1.10. The Morgan fingerprint density at radius 1 is 0.255 bits per heavy atom. The van der Waals surface area contributed by atoms with Gasteiger partial charge in [0.15, 0.2) is 0 Å². The number of aryl methyl sites for hydroxylation is 2. The predicted octanol–water partition coefficient (Wildman–Crippen LogP) is 14.1. The Labute approximate surface area is 301 Å². The second kappa shape index (κ2) is 14.2. The molecule has 0 unspecified atom stereocenters. The number of nitrogens with zero attached hydrogens (tertiary/aromatic N) is 1. The second-order valence-electron chi connectivity index (χ2n) is 13.1. The Kier molecular flexibility index (Phi) is 8.85. The van der Waals surface area contributed by atoms with Gasteiger partial charge in [-0.1, -0.05) is 158 Å². The zero-order chi connectivity index (χ0) is 34.6. The van der Waals surface area contributed by atoms with Gasteiger partial charge >= 0.3 is 0 Å². The van der Waals surface area contributed by atoms with E-state index in [2.05, 4.69) is 219 Å². The molecule has 1 nitrogen and oxygen atoms in total. The lowest BCUT2D eigenvalue weighted by Gasteiger charge is -2.27. The van der Waals surface area contributed by atoms with Crippen molar-refractivity contribution in [3.63, 3.8) is 0 Å². The first-order valence-corrected chi connectivity index (χ1v) is 17.6. The molecule has 0 aliphatic heterocycles. The molecule has 0 radical (unpaired) electrons. The largest absolute Gasteiger partial charge is 0.310 e. The molecular weight excluding hydrogens is 615 g/mol. The van der Waals surface area contributed by atoms with E-state index >= 15 is 0 Å². The molecule has 0 aliphatic rings. The van der Waals surface area contributed by atoms with Crippen molar-refractivity contribution in [2.24, 2.45) is 0 Å². The molecule has 8 aromatic rings. The van der Waals surface area contributed by atoms with Gasteiger partial charge in [0.05, 0.1) is 0 Å². The third kappa shape index (κ3) is 6.75. The minimum Gasteiger partial charge on any atom is -0.310 e. The topological polar surface area (TPSA) is 3.24 Å². The van der Waals surface area contributed by atoms with Crippen LogP contribution in [0.5, 0.6) is 0 Å². The zero-order valence-corrected chi connectivity index (χ0v) is 29.0. The monoisotopic (exact) mass is 653 g/mol. The van der Waals surface area contributed by atoms with E-state index in [4.69, 9.17) is 0 Å². The van der Waals surface area contributed by atoms with Crippen LogP contribution in [0.3, 0.4) is 0 Å². The number of anilines is 3. The molecule has 0 aliphatic carbocycles. The molecule has 0 aromatic heterocycles. The maximum atomic E-state index is 2.37. The van der Waals surface area contributed by atoms with Gasteiger partial charge in [0.1, 0.15) is 0 Å². The van der Waals surface area contributed by atoms with Crippen LogP contribution in [0.1, 0.15) is 11.1 Å². The van der Waals surface area contributed by atoms with Gasteiger partial charge in [-0.25, -0.2) is 0 Å². The molecule has 0 amide bonds. The highest BCUT2D eigenvalue weighted by molar-refractivity contribution is 5.90. The molecule has 8 rings (SSSR count). The van der Waals surface area contributed by atoms with Crippen molar-refractivity contribution in [1.82, 2.24) is 0 Å². The SMILES string of the molecule is Cc1ccc(-c2cccc(-c3ccc(N(c4ccc(-c5ccccc5)cc4)c4ccc(-c5ccccc5)cc4)cc3-c3ccccc3)c2)cc1C. The highest BCUT2D eigenvalue weighted by Crippen LogP contribution is 2.42. The van der Waals surface area contributed by atoms with Crippen molar-refractivity contribution in [2.75, 3.05) is 4.90 Å². The van der Waals surface area contributed by atoms with Gasteiger partial charge in [0, 0.05) is 17.1 Å². The summed E-state index contributed by atoms with van der Waals surface area (Å²) in [7, 11) is 0. The van der Waals surface area contributed by atoms with Crippen LogP contribution in [0.25, 0.3) is 55.6 Å². The van der Waals surface area contributed by atoms with Crippen molar-refractivity contribution in [1.29, 1.82) is 0 Å². The van der Waals surface area contributed by atoms with Gasteiger partial charge in [-0.05, 0) is 123 Å². The van der Waals surface area contributed by atoms with Crippen LogP contribution in [-0.4, -0.2) is 0 Å². The van der Waals surface area contributed by atoms with Crippen molar-refractivity contribution >= 4 is 17.1 Å². The number of hydrogen-bond donors (Lipinski definition) is 0. The number of rotatable bonds is 8. The summed E-state index contributed by atoms with van der Waals surface area (Å²) in [5, 5.41) is 0. The average Bonchev–Trinajstić information content (AvgIpc) is 3.20. The molecule has 0 saturated heterocycles. The fourth-order valence-corrected chi connectivity index (χ4v) is 6.88. The van der Waals surface area contributed by atoms with Gasteiger partial charge in [0.25, 0.3) is 0 Å². The Morgan fingerprint density at radius 2 is 0.686 bits per heavy atom. The van der Waals surface area contributed by atoms with Crippen LogP contribution in [0, 0.1) is 13.8 Å². The van der Waals surface area contributed by atoms with Gasteiger partial charge in [0.2, 0.25) is 0 Å². The summed E-state index contributed by atoms with van der Waals surface area (Å²) in [6.45, 7) is 4.35. The molecule has 244 valence electrons. The third-order valence-electron chi connectivity index (χ3n) is 9.83. The van der Waals surface area contributed by atoms with Crippen LogP contribution in [0.4, 0.5) is 17.1 Å². The third-order valence-corrected chi connectivity index (χ3v) is 9.83. The van der Waals surface area contributed by atoms with Gasteiger partial charge in [-0.15, -0.1) is 0 Å². The normalized spacial score (nSPS) is 10.9. The standard InChI is InChI=1S/C50H39N/c1-36-21-22-44(33-37(36)2)43-19-12-20-45(34-43)49-32-31-48(35-50(49)42-17-10-5-11-18-42)51(46-27-23-40(24-28-46)38-13-6-3-7-14-38)47-29-25-41(26-30-47)39-15-8-4-9-16-39/h3-35H,1-2H3. The molecule has 0 saturated carbocycles. The van der Waals surface area contributed by atoms with E-state index in [9.17, 15) is 0 Å². The molecule has 0 atom stereocenters. The molecule has 1 heteroatoms. The highest BCUT2D eigenvalue weighted by atomic mass is 15.1. The van der Waals surface area contributed by atoms with E-state index in [0.717, 1.165) is 17.1 Å². The predicted molar refractivity (Wildman–Crippen MR) is 218 cm³/mol. The molecule has 0 spiro atoms. The van der Waals surface area contributed by atoms with Gasteiger partial charge in [-0.3, -0.25) is 0 Å². The van der Waals surface area contributed by atoms with Gasteiger partial charge in [-0.2, -0.15) is 0 Å². The Bertz CT molecular complexity index is 2310. The van der Waals surface area contributed by atoms with E-state index in [-0.39, 0.29) is 0 Å². The van der Waals surface area contributed by atoms with Crippen LogP contribution in [0.2, 0.25) is 0 Å². The number of benzene rings is 8. The smallest absolute Gasteiger partial charge is 0.0468 e. The first kappa shape index (κ1) is 31.8. The maximum Gasteiger partial charge on any atom is 0.0468 e. The molecule has 0 N–H and O–H groups in total. The van der Waals surface area contributed by atoms with E-state index in [1.807, 2.05) is 0 Å². The Hall–Kier alpha value is -6.44. The lowest BCUT2D eigenvalue weighted by molar-refractivity contribution is 1.28. The minimum atomic E-state index is 1.10. The fourth-order valence-electron chi connectivity index (χ4n) is 6.88. The van der Waals surface area contributed by atoms with E-state index in [0.29, 0.717) is 0 Å². The lowest BCUT2D eigenvalue weighted by atomic mass is 9.91.